The van der Waals surface area contributed by atoms with E-state index in [1.54, 1.807) is 19.1 Å². The van der Waals surface area contributed by atoms with Crippen LogP contribution < -0.4 is 15.4 Å². The van der Waals surface area contributed by atoms with E-state index in [2.05, 4.69) is 25.9 Å². The Kier molecular flexibility index (Phi) is 7.33. The molecule has 1 aromatic carbocycles. The second kappa shape index (κ2) is 10.3. The average molecular weight is 457 g/mol. The van der Waals surface area contributed by atoms with E-state index < -0.39 is 10.8 Å². The van der Waals surface area contributed by atoms with Crippen molar-refractivity contribution in [3.63, 3.8) is 0 Å². The minimum absolute atomic E-state index is 0.00827. The molecule has 0 saturated carbocycles. The summed E-state index contributed by atoms with van der Waals surface area (Å²) >= 11 is 0. The van der Waals surface area contributed by atoms with Gasteiger partial charge in [-0.05, 0) is 32.9 Å². The SMILES string of the molecule is Cc1ccc(OCC(=O)NCCNC(=O)c2nc(Cn3nc(C)c([N+](=O)[O-])c3C)no2)cc1. The fourth-order valence-corrected chi connectivity index (χ4v) is 2.94. The van der Waals surface area contributed by atoms with Gasteiger partial charge in [-0.2, -0.15) is 10.1 Å². The van der Waals surface area contributed by atoms with Crippen molar-refractivity contribution in [2.45, 2.75) is 27.3 Å². The summed E-state index contributed by atoms with van der Waals surface area (Å²) in [4.78, 5) is 38.6. The summed E-state index contributed by atoms with van der Waals surface area (Å²) in [7, 11) is 0. The van der Waals surface area contributed by atoms with Gasteiger partial charge in [-0.1, -0.05) is 22.9 Å². The van der Waals surface area contributed by atoms with Gasteiger partial charge < -0.3 is 19.9 Å². The Morgan fingerprint density at radius 1 is 1.15 bits per heavy atom. The first-order valence-electron chi connectivity index (χ1n) is 10.00. The molecule has 0 spiro atoms. The highest BCUT2D eigenvalue weighted by Gasteiger charge is 2.23. The van der Waals surface area contributed by atoms with Crippen molar-refractivity contribution in [2.75, 3.05) is 19.7 Å². The third-order valence-corrected chi connectivity index (χ3v) is 4.60. The number of carbonyl (C=O) groups excluding carboxylic acids is 2. The molecule has 0 unspecified atom stereocenters. The molecule has 0 bridgehead atoms. The number of nitrogens with zero attached hydrogens (tertiary/aromatic N) is 5. The van der Waals surface area contributed by atoms with Crippen molar-refractivity contribution in [1.82, 2.24) is 30.6 Å². The molecule has 0 fully saturated rings. The van der Waals surface area contributed by atoms with Gasteiger partial charge in [0.15, 0.2) is 12.4 Å². The number of benzene rings is 1. The van der Waals surface area contributed by atoms with Crippen LogP contribution in [0.2, 0.25) is 0 Å². The molecular weight excluding hydrogens is 434 g/mol. The minimum Gasteiger partial charge on any atom is -0.484 e. The van der Waals surface area contributed by atoms with Crippen molar-refractivity contribution >= 4 is 17.5 Å². The first-order chi connectivity index (χ1) is 15.7. The minimum atomic E-state index is -0.613. The number of carbonyl (C=O) groups is 2. The van der Waals surface area contributed by atoms with Crippen LogP contribution >= 0.6 is 0 Å². The van der Waals surface area contributed by atoms with Crippen LogP contribution in [0.4, 0.5) is 5.69 Å². The van der Waals surface area contributed by atoms with Crippen molar-refractivity contribution in [1.29, 1.82) is 0 Å². The van der Waals surface area contributed by atoms with E-state index in [9.17, 15) is 19.7 Å². The summed E-state index contributed by atoms with van der Waals surface area (Å²) in [5.41, 5.74) is 1.62. The van der Waals surface area contributed by atoms with Crippen LogP contribution in [0.25, 0.3) is 0 Å². The number of nitrogens with one attached hydrogen (secondary N) is 2. The zero-order chi connectivity index (χ0) is 24.0. The highest BCUT2D eigenvalue weighted by atomic mass is 16.6. The Balaban J connectivity index is 1.41. The Morgan fingerprint density at radius 2 is 1.85 bits per heavy atom. The summed E-state index contributed by atoms with van der Waals surface area (Å²) < 4.78 is 11.7. The van der Waals surface area contributed by atoms with Crippen LogP contribution in [0.3, 0.4) is 0 Å². The zero-order valence-electron chi connectivity index (χ0n) is 18.3. The van der Waals surface area contributed by atoms with Gasteiger partial charge in [-0.15, -0.1) is 0 Å². The monoisotopic (exact) mass is 457 g/mol. The van der Waals surface area contributed by atoms with Crippen molar-refractivity contribution < 1.29 is 23.8 Å². The van der Waals surface area contributed by atoms with Crippen LogP contribution in [-0.2, 0) is 11.3 Å². The predicted molar refractivity (Wildman–Crippen MR) is 114 cm³/mol. The first-order valence-corrected chi connectivity index (χ1v) is 10.00. The second-order valence-electron chi connectivity index (χ2n) is 7.16. The maximum Gasteiger partial charge on any atom is 0.316 e. The third kappa shape index (κ3) is 6.12. The smallest absolute Gasteiger partial charge is 0.316 e. The van der Waals surface area contributed by atoms with Gasteiger partial charge in [0, 0.05) is 13.1 Å². The van der Waals surface area contributed by atoms with E-state index in [0.29, 0.717) is 11.4 Å². The molecule has 0 aliphatic carbocycles. The highest BCUT2D eigenvalue weighted by Crippen LogP contribution is 2.22. The number of ether oxygens (including phenoxy) is 1. The van der Waals surface area contributed by atoms with Crippen LogP contribution in [-0.4, -0.2) is 56.4 Å². The number of amides is 2. The number of aromatic nitrogens is 4. The van der Waals surface area contributed by atoms with Crippen LogP contribution in [0, 0.1) is 30.9 Å². The largest absolute Gasteiger partial charge is 0.484 e. The molecule has 3 aromatic rings. The standard InChI is InChI=1S/C20H23N7O6/c1-12-4-6-15(7-5-12)32-11-17(28)21-8-9-22-19(29)20-23-16(25-33-20)10-26-14(3)18(27(30)31)13(2)24-26/h4-7H,8-11H2,1-3H3,(H,21,28)(H,22,29). The van der Waals surface area contributed by atoms with Crippen LogP contribution in [0.5, 0.6) is 5.75 Å². The highest BCUT2D eigenvalue weighted by molar-refractivity contribution is 5.89. The summed E-state index contributed by atoms with van der Waals surface area (Å²) in [6, 6.07) is 7.31. The third-order valence-electron chi connectivity index (χ3n) is 4.60. The molecule has 2 amide bonds. The van der Waals surface area contributed by atoms with Gasteiger partial charge in [-0.25, -0.2) is 0 Å². The van der Waals surface area contributed by atoms with Crippen molar-refractivity contribution in [2.24, 2.45) is 0 Å². The van der Waals surface area contributed by atoms with Gasteiger partial charge >= 0.3 is 17.5 Å². The molecule has 0 aliphatic rings. The van der Waals surface area contributed by atoms with Crippen LogP contribution in [0.15, 0.2) is 28.8 Å². The van der Waals surface area contributed by atoms with Gasteiger partial charge in [-0.3, -0.25) is 24.4 Å². The van der Waals surface area contributed by atoms with Gasteiger partial charge in [0.2, 0.25) is 0 Å². The average Bonchev–Trinajstić information content (AvgIpc) is 3.35. The molecular formula is C20H23N7O6. The summed E-state index contributed by atoms with van der Waals surface area (Å²) in [5.74, 6) is -0.481. The van der Waals surface area contributed by atoms with E-state index in [-0.39, 0.29) is 55.2 Å². The van der Waals surface area contributed by atoms with Gasteiger partial charge in [0.25, 0.3) is 5.91 Å². The molecule has 0 saturated heterocycles. The van der Waals surface area contributed by atoms with Gasteiger partial charge in [0.05, 0.1) is 4.92 Å². The first kappa shape index (κ1) is 23.4. The second-order valence-corrected chi connectivity index (χ2v) is 7.16. The van der Waals surface area contributed by atoms with Crippen LogP contribution in [0.1, 0.15) is 33.5 Å². The molecule has 0 aliphatic heterocycles. The van der Waals surface area contributed by atoms with Crippen molar-refractivity contribution in [3.8, 4) is 5.75 Å². The molecule has 33 heavy (non-hydrogen) atoms. The summed E-state index contributed by atoms with van der Waals surface area (Å²) in [6.45, 7) is 5.23. The molecule has 3 rings (SSSR count). The lowest BCUT2D eigenvalue weighted by Gasteiger charge is -2.08. The lowest BCUT2D eigenvalue weighted by atomic mass is 10.2. The Bertz CT molecular complexity index is 1150. The Hall–Kier alpha value is -4.29. The summed E-state index contributed by atoms with van der Waals surface area (Å²) in [6.07, 6.45) is 0. The molecule has 0 radical (unpaired) electrons. The Morgan fingerprint density at radius 3 is 2.52 bits per heavy atom. The number of rotatable bonds is 10. The lowest BCUT2D eigenvalue weighted by molar-refractivity contribution is -0.386. The quantitative estimate of drug-likeness (QED) is 0.257. The molecule has 13 heteroatoms. The fourth-order valence-electron chi connectivity index (χ4n) is 2.94. The van der Waals surface area contributed by atoms with E-state index in [4.69, 9.17) is 9.26 Å². The molecule has 13 nitrogen and oxygen atoms in total. The number of aryl methyl sites for hydroxylation is 2. The van der Waals surface area contributed by atoms with E-state index >= 15 is 0 Å². The maximum atomic E-state index is 12.2. The molecule has 2 heterocycles. The molecule has 2 aromatic heterocycles. The molecule has 174 valence electrons. The molecule has 2 N–H and O–H groups in total. The lowest BCUT2D eigenvalue weighted by Crippen LogP contribution is -2.36. The predicted octanol–water partition coefficient (Wildman–Crippen LogP) is 1.07. The number of hydrogen-bond acceptors (Lipinski definition) is 9. The number of hydrogen-bond donors (Lipinski definition) is 2. The van der Waals surface area contributed by atoms with E-state index in [1.165, 1.54) is 11.6 Å². The zero-order valence-corrected chi connectivity index (χ0v) is 18.3. The molecule has 0 atom stereocenters. The van der Waals surface area contributed by atoms with Gasteiger partial charge in [0.1, 0.15) is 23.7 Å². The Labute approximate surface area is 188 Å². The topological polar surface area (TPSA) is 167 Å². The fraction of sp³-hybridized carbons (Fsp3) is 0.350. The van der Waals surface area contributed by atoms with E-state index in [1.807, 2.05) is 19.1 Å². The van der Waals surface area contributed by atoms with Crippen molar-refractivity contribution in [3.05, 3.63) is 63.0 Å². The maximum absolute atomic E-state index is 12.2. The van der Waals surface area contributed by atoms with E-state index in [0.717, 1.165) is 5.56 Å². The summed E-state index contributed by atoms with van der Waals surface area (Å²) in [5, 5.41) is 24.1. The normalized spacial score (nSPS) is 10.6. The number of nitro groups is 1.